The fourth-order valence-corrected chi connectivity index (χ4v) is 3.15. The van der Waals surface area contributed by atoms with Crippen LogP contribution < -0.4 is 5.32 Å². The van der Waals surface area contributed by atoms with Crippen LogP contribution in [0, 0.1) is 20.8 Å². The van der Waals surface area contributed by atoms with Crippen LogP contribution in [0.25, 0.3) is 5.82 Å². The maximum absolute atomic E-state index is 4.65. The van der Waals surface area contributed by atoms with Gasteiger partial charge in [-0.3, -0.25) is 4.98 Å². The van der Waals surface area contributed by atoms with Crippen LogP contribution in [0.15, 0.2) is 18.5 Å². The van der Waals surface area contributed by atoms with Gasteiger partial charge in [-0.05, 0) is 33.3 Å². The summed E-state index contributed by atoms with van der Waals surface area (Å²) in [5.74, 6) is 3.37. The molecule has 0 unspecified atom stereocenters. The van der Waals surface area contributed by atoms with Crippen LogP contribution in [-0.4, -0.2) is 40.6 Å². The van der Waals surface area contributed by atoms with Gasteiger partial charge in [0.15, 0.2) is 5.82 Å². The van der Waals surface area contributed by atoms with Crippen molar-refractivity contribution in [2.45, 2.75) is 46.2 Å². The second kappa shape index (κ2) is 5.70. The van der Waals surface area contributed by atoms with Gasteiger partial charge >= 0.3 is 0 Å². The molecular formula is C16H20N8. The van der Waals surface area contributed by atoms with Crippen molar-refractivity contribution in [1.82, 2.24) is 34.5 Å². The number of hydrogen-bond acceptors (Lipinski definition) is 6. The molecule has 3 aromatic heterocycles. The maximum atomic E-state index is 4.65. The fraction of sp³-hybridized carbons (Fsp3) is 0.438. The van der Waals surface area contributed by atoms with E-state index in [0.717, 1.165) is 54.1 Å². The highest BCUT2D eigenvalue weighted by Gasteiger charge is 2.21. The van der Waals surface area contributed by atoms with Crippen molar-refractivity contribution >= 4 is 5.82 Å². The number of hydrogen-bond donors (Lipinski definition) is 1. The van der Waals surface area contributed by atoms with E-state index in [-0.39, 0.29) is 6.04 Å². The Morgan fingerprint density at radius 3 is 2.79 bits per heavy atom. The molecule has 0 aromatic carbocycles. The number of aromatic nitrogens is 7. The summed E-state index contributed by atoms with van der Waals surface area (Å²) >= 11 is 0. The molecule has 0 fully saturated rings. The summed E-state index contributed by atoms with van der Waals surface area (Å²) in [5, 5.41) is 12.4. The zero-order valence-electron chi connectivity index (χ0n) is 14.1. The highest BCUT2D eigenvalue weighted by molar-refractivity contribution is 5.37. The number of nitrogens with zero attached hydrogens (tertiary/aromatic N) is 7. The van der Waals surface area contributed by atoms with Crippen molar-refractivity contribution in [2.75, 3.05) is 5.32 Å². The molecule has 4 heterocycles. The smallest absolute Gasteiger partial charge is 0.174 e. The fourth-order valence-electron chi connectivity index (χ4n) is 3.15. The molecule has 3 aromatic rings. The first kappa shape index (κ1) is 14.8. The van der Waals surface area contributed by atoms with Crippen LogP contribution in [-0.2, 0) is 13.0 Å². The van der Waals surface area contributed by atoms with Gasteiger partial charge in [0, 0.05) is 18.2 Å². The first-order valence-corrected chi connectivity index (χ1v) is 8.11. The summed E-state index contributed by atoms with van der Waals surface area (Å²) in [6.45, 7) is 6.70. The summed E-state index contributed by atoms with van der Waals surface area (Å²) in [4.78, 5) is 13.4. The predicted octanol–water partition coefficient (Wildman–Crippen LogP) is 1.61. The molecule has 0 amide bonds. The van der Waals surface area contributed by atoms with Gasteiger partial charge in [-0.25, -0.2) is 19.3 Å². The van der Waals surface area contributed by atoms with E-state index in [9.17, 15) is 0 Å². The van der Waals surface area contributed by atoms with Gasteiger partial charge in [0.1, 0.15) is 17.5 Å². The molecule has 0 saturated heterocycles. The molecule has 1 N–H and O–H groups in total. The summed E-state index contributed by atoms with van der Waals surface area (Å²) < 4.78 is 3.79. The Hall–Kier alpha value is -2.77. The van der Waals surface area contributed by atoms with E-state index in [1.54, 1.807) is 12.4 Å². The molecule has 1 atom stereocenters. The minimum Gasteiger partial charge on any atom is -0.364 e. The van der Waals surface area contributed by atoms with Crippen molar-refractivity contribution in [3.63, 3.8) is 0 Å². The Bertz CT molecular complexity index is 878. The quantitative estimate of drug-likeness (QED) is 0.787. The highest BCUT2D eigenvalue weighted by Crippen LogP contribution is 2.17. The van der Waals surface area contributed by atoms with Crippen LogP contribution >= 0.6 is 0 Å². The normalized spacial score (nSPS) is 16.9. The van der Waals surface area contributed by atoms with Crippen molar-refractivity contribution < 1.29 is 0 Å². The lowest BCUT2D eigenvalue weighted by Gasteiger charge is -2.24. The van der Waals surface area contributed by atoms with Crippen molar-refractivity contribution in [3.8, 4) is 5.82 Å². The highest BCUT2D eigenvalue weighted by atomic mass is 15.4. The first-order chi connectivity index (χ1) is 11.6. The number of fused-ring (bicyclic) bond motifs is 1. The Balaban J connectivity index is 1.54. The van der Waals surface area contributed by atoms with Crippen LogP contribution in [0.5, 0.6) is 0 Å². The molecular weight excluding hydrogens is 304 g/mol. The molecule has 1 aliphatic heterocycles. The van der Waals surface area contributed by atoms with E-state index in [1.165, 1.54) is 0 Å². The molecule has 1 aliphatic rings. The molecule has 0 radical (unpaired) electrons. The van der Waals surface area contributed by atoms with Crippen LogP contribution in [0.1, 0.15) is 29.5 Å². The minimum atomic E-state index is 0.267. The van der Waals surface area contributed by atoms with E-state index >= 15 is 0 Å². The van der Waals surface area contributed by atoms with Crippen molar-refractivity contribution in [2.24, 2.45) is 0 Å². The monoisotopic (exact) mass is 324 g/mol. The third-order valence-electron chi connectivity index (χ3n) is 4.16. The summed E-state index contributed by atoms with van der Waals surface area (Å²) in [6, 6.07) is 2.29. The number of anilines is 1. The van der Waals surface area contributed by atoms with E-state index in [0.29, 0.717) is 0 Å². The summed E-state index contributed by atoms with van der Waals surface area (Å²) in [5.41, 5.74) is 2.01. The number of aryl methyl sites for hydroxylation is 4. The van der Waals surface area contributed by atoms with Crippen molar-refractivity contribution in [3.05, 3.63) is 41.5 Å². The molecule has 0 saturated carbocycles. The first-order valence-electron chi connectivity index (χ1n) is 8.11. The lowest BCUT2D eigenvalue weighted by Crippen LogP contribution is -2.32. The van der Waals surface area contributed by atoms with E-state index in [4.69, 9.17) is 0 Å². The van der Waals surface area contributed by atoms with Gasteiger partial charge in [-0.1, -0.05) is 0 Å². The van der Waals surface area contributed by atoms with E-state index < -0.39 is 0 Å². The topological polar surface area (TPSA) is 86.3 Å². The van der Waals surface area contributed by atoms with Crippen LogP contribution in [0.2, 0.25) is 0 Å². The second-order valence-electron chi connectivity index (χ2n) is 6.24. The minimum absolute atomic E-state index is 0.267. The lowest BCUT2D eigenvalue weighted by atomic mass is 10.1. The molecule has 8 nitrogen and oxygen atoms in total. The van der Waals surface area contributed by atoms with Crippen LogP contribution in [0.4, 0.5) is 5.82 Å². The molecule has 124 valence electrons. The number of rotatable bonds is 3. The Morgan fingerprint density at radius 2 is 2.00 bits per heavy atom. The molecule has 0 aliphatic carbocycles. The van der Waals surface area contributed by atoms with E-state index in [2.05, 4.69) is 30.5 Å². The third kappa shape index (κ3) is 2.75. The van der Waals surface area contributed by atoms with Crippen molar-refractivity contribution in [1.29, 1.82) is 0 Å². The second-order valence-corrected chi connectivity index (χ2v) is 6.24. The van der Waals surface area contributed by atoms with Gasteiger partial charge in [0.2, 0.25) is 0 Å². The third-order valence-corrected chi connectivity index (χ3v) is 4.16. The SMILES string of the molecule is Cc1cc(C)n(-c2cncc(N[C@H]3CCc4nc(C)nn4C3)n2)n1. The van der Waals surface area contributed by atoms with Crippen LogP contribution in [0.3, 0.4) is 0 Å². The maximum Gasteiger partial charge on any atom is 0.174 e. The van der Waals surface area contributed by atoms with E-state index in [1.807, 2.05) is 36.2 Å². The average Bonchev–Trinajstić information content (AvgIpc) is 3.08. The zero-order chi connectivity index (χ0) is 16.7. The molecule has 4 rings (SSSR count). The predicted molar refractivity (Wildman–Crippen MR) is 89.1 cm³/mol. The molecule has 0 bridgehead atoms. The molecule has 8 heteroatoms. The summed E-state index contributed by atoms with van der Waals surface area (Å²) in [7, 11) is 0. The van der Waals surface area contributed by atoms with Gasteiger partial charge in [0.25, 0.3) is 0 Å². The van der Waals surface area contributed by atoms with Gasteiger partial charge in [0.05, 0.1) is 24.6 Å². The standard InChI is InChI=1S/C16H20N8/c1-10-6-11(2)24(21-10)16-8-17-7-14(20-16)19-13-4-5-15-18-12(3)22-23(15)9-13/h6-8,13H,4-5,9H2,1-3H3,(H,19,20)/t13-/m0/s1. The van der Waals surface area contributed by atoms with Gasteiger partial charge in [-0.15, -0.1) is 0 Å². The van der Waals surface area contributed by atoms with Gasteiger partial charge < -0.3 is 5.32 Å². The largest absolute Gasteiger partial charge is 0.364 e. The molecule has 0 spiro atoms. The Labute approximate surface area is 140 Å². The zero-order valence-corrected chi connectivity index (χ0v) is 14.1. The number of nitrogens with one attached hydrogen (secondary N) is 1. The summed E-state index contributed by atoms with van der Waals surface area (Å²) in [6.07, 6.45) is 5.40. The van der Waals surface area contributed by atoms with Gasteiger partial charge in [-0.2, -0.15) is 10.2 Å². The Kier molecular flexibility index (Phi) is 3.51. The average molecular weight is 324 g/mol. The molecule has 24 heavy (non-hydrogen) atoms. The Morgan fingerprint density at radius 1 is 1.12 bits per heavy atom. The lowest BCUT2D eigenvalue weighted by molar-refractivity contribution is 0.440.